The average molecular weight is 217 g/mol. The lowest BCUT2D eigenvalue weighted by molar-refractivity contribution is -0.0745. The van der Waals surface area contributed by atoms with Crippen LogP contribution in [-0.4, -0.2) is 12.3 Å². The minimum atomic E-state index is -0.00123. The third kappa shape index (κ3) is 1.87. The molecule has 16 heavy (non-hydrogen) atoms. The highest BCUT2D eigenvalue weighted by molar-refractivity contribution is 5.19. The molecule has 0 radical (unpaired) electrons. The molecule has 2 aliphatic rings. The first-order valence-corrected chi connectivity index (χ1v) is 6.36. The monoisotopic (exact) mass is 217 g/mol. The van der Waals surface area contributed by atoms with Gasteiger partial charge < -0.3 is 4.74 Å². The summed E-state index contributed by atoms with van der Waals surface area (Å²) in [7, 11) is 0. The second-order valence-electron chi connectivity index (χ2n) is 4.95. The standard InChI is InChI=1S/C14H19NO/c1-3-7-12(8-4-1)13-11-15-14(16-13)9-5-2-6-10-14/h1,3-4,7-8,13,15H,2,5-6,9-11H2/t13-/m0/s1. The van der Waals surface area contributed by atoms with Gasteiger partial charge in [0, 0.05) is 6.54 Å². The Labute approximate surface area is 97.0 Å². The van der Waals surface area contributed by atoms with E-state index in [9.17, 15) is 0 Å². The summed E-state index contributed by atoms with van der Waals surface area (Å²) in [6, 6.07) is 10.6. The summed E-state index contributed by atoms with van der Waals surface area (Å²) < 4.78 is 6.26. The van der Waals surface area contributed by atoms with E-state index in [2.05, 4.69) is 35.6 Å². The maximum absolute atomic E-state index is 6.26. The van der Waals surface area contributed by atoms with Crippen molar-refractivity contribution in [3.8, 4) is 0 Å². The van der Waals surface area contributed by atoms with Gasteiger partial charge in [-0.25, -0.2) is 0 Å². The number of nitrogens with one attached hydrogen (secondary N) is 1. The third-order valence-electron chi connectivity index (χ3n) is 3.81. The van der Waals surface area contributed by atoms with E-state index in [-0.39, 0.29) is 11.8 Å². The van der Waals surface area contributed by atoms with Crippen LogP contribution in [0, 0.1) is 0 Å². The SMILES string of the molecule is c1ccc([C@@H]2CNC3(CCCCC3)O2)cc1. The molecule has 1 aromatic rings. The summed E-state index contributed by atoms with van der Waals surface area (Å²) in [6.07, 6.45) is 6.57. The average Bonchev–Trinajstić information content (AvgIpc) is 2.75. The Balaban J connectivity index is 1.73. The fourth-order valence-corrected chi connectivity index (χ4v) is 2.91. The molecule has 1 aliphatic carbocycles. The maximum Gasteiger partial charge on any atom is 0.120 e. The van der Waals surface area contributed by atoms with Crippen LogP contribution in [0.2, 0.25) is 0 Å². The molecule has 1 aromatic carbocycles. The van der Waals surface area contributed by atoms with Gasteiger partial charge in [0.2, 0.25) is 0 Å². The smallest absolute Gasteiger partial charge is 0.120 e. The third-order valence-corrected chi connectivity index (χ3v) is 3.81. The first-order valence-electron chi connectivity index (χ1n) is 6.36. The molecule has 0 unspecified atom stereocenters. The largest absolute Gasteiger partial charge is 0.351 e. The Bertz CT molecular complexity index is 343. The molecular weight excluding hydrogens is 198 g/mol. The van der Waals surface area contributed by atoms with Crippen LogP contribution in [0.3, 0.4) is 0 Å². The van der Waals surface area contributed by atoms with Gasteiger partial charge in [-0.1, -0.05) is 36.8 Å². The zero-order chi connectivity index (χ0) is 10.8. The summed E-state index contributed by atoms with van der Waals surface area (Å²) in [4.78, 5) is 0. The van der Waals surface area contributed by atoms with Gasteiger partial charge in [0.05, 0.1) is 6.10 Å². The first kappa shape index (κ1) is 10.3. The van der Waals surface area contributed by atoms with Crippen LogP contribution < -0.4 is 5.32 Å². The Morgan fingerprint density at radius 1 is 1.06 bits per heavy atom. The van der Waals surface area contributed by atoms with Crippen molar-refractivity contribution in [3.05, 3.63) is 35.9 Å². The minimum absolute atomic E-state index is 0.00123. The van der Waals surface area contributed by atoms with Crippen molar-refractivity contribution in [1.29, 1.82) is 0 Å². The molecule has 0 amide bonds. The van der Waals surface area contributed by atoms with Crippen molar-refractivity contribution >= 4 is 0 Å². The van der Waals surface area contributed by atoms with Gasteiger partial charge in [-0.05, 0) is 31.2 Å². The summed E-state index contributed by atoms with van der Waals surface area (Å²) in [6.45, 7) is 0.962. The topological polar surface area (TPSA) is 21.3 Å². The Morgan fingerprint density at radius 2 is 1.81 bits per heavy atom. The molecule has 1 heterocycles. The van der Waals surface area contributed by atoms with E-state index in [0.29, 0.717) is 0 Å². The molecule has 86 valence electrons. The fourth-order valence-electron chi connectivity index (χ4n) is 2.91. The molecule has 1 spiro atoms. The van der Waals surface area contributed by atoms with Gasteiger partial charge in [-0.15, -0.1) is 0 Å². The van der Waals surface area contributed by atoms with Crippen molar-refractivity contribution in [2.45, 2.75) is 43.9 Å². The summed E-state index contributed by atoms with van der Waals surface area (Å²) in [5.74, 6) is 0. The van der Waals surface area contributed by atoms with Crippen molar-refractivity contribution in [3.63, 3.8) is 0 Å². The van der Waals surface area contributed by atoms with Gasteiger partial charge in [0.1, 0.15) is 5.72 Å². The zero-order valence-corrected chi connectivity index (χ0v) is 9.61. The quantitative estimate of drug-likeness (QED) is 0.780. The highest BCUT2D eigenvalue weighted by Gasteiger charge is 2.40. The number of hydrogen-bond donors (Lipinski definition) is 1. The Hall–Kier alpha value is -0.860. The molecule has 1 N–H and O–H groups in total. The van der Waals surface area contributed by atoms with Gasteiger partial charge in [-0.3, -0.25) is 5.32 Å². The van der Waals surface area contributed by atoms with Crippen LogP contribution in [0.4, 0.5) is 0 Å². The molecule has 0 bridgehead atoms. The number of rotatable bonds is 1. The lowest BCUT2D eigenvalue weighted by atomic mass is 9.92. The van der Waals surface area contributed by atoms with Crippen LogP contribution in [0.25, 0.3) is 0 Å². The van der Waals surface area contributed by atoms with E-state index in [1.54, 1.807) is 0 Å². The number of benzene rings is 1. The summed E-state index contributed by atoms with van der Waals surface area (Å²) in [5, 5.41) is 3.60. The highest BCUT2D eigenvalue weighted by Crippen LogP contribution is 2.38. The van der Waals surface area contributed by atoms with Gasteiger partial charge in [0.15, 0.2) is 0 Å². The first-order chi connectivity index (χ1) is 7.88. The van der Waals surface area contributed by atoms with Crippen LogP contribution >= 0.6 is 0 Å². The van der Waals surface area contributed by atoms with Crippen molar-refractivity contribution in [2.75, 3.05) is 6.54 Å². The summed E-state index contributed by atoms with van der Waals surface area (Å²) in [5.41, 5.74) is 1.30. The van der Waals surface area contributed by atoms with Crippen LogP contribution in [-0.2, 0) is 4.74 Å². The second-order valence-corrected chi connectivity index (χ2v) is 4.95. The van der Waals surface area contributed by atoms with Crippen LogP contribution in [0.5, 0.6) is 0 Å². The number of ether oxygens (including phenoxy) is 1. The molecule has 1 aliphatic heterocycles. The van der Waals surface area contributed by atoms with Crippen molar-refractivity contribution in [2.24, 2.45) is 0 Å². The predicted octanol–water partition coefficient (Wildman–Crippen LogP) is 3.01. The molecule has 2 fully saturated rings. The van der Waals surface area contributed by atoms with Gasteiger partial charge in [0.25, 0.3) is 0 Å². The lowest BCUT2D eigenvalue weighted by Gasteiger charge is -2.33. The van der Waals surface area contributed by atoms with E-state index in [0.717, 1.165) is 6.54 Å². The lowest BCUT2D eigenvalue weighted by Crippen LogP contribution is -2.42. The second kappa shape index (κ2) is 4.19. The van der Waals surface area contributed by atoms with E-state index in [1.165, 1.54) is 37.7 Å². The normalized spacial score (nSPS) is 28.4. The van der Waals surface area contributed by atoms with Crippen LogP contribution in [0.1, 0.15) is 43.8 Å². The van der Waals surface area contributed by atoms with Crippen LogP contribution in [0.15, 0.2) is 30.3 Å². The van der Waals surface area contributed by atoms with Gasteiger partial charge in [-0.2, -0.15) is 0 Å². The van der Waals surface area contributed by atoms with E-state index in [1.807, 2.05) is 0 Å². The van der Waals surface area contributed by atoms with Crippen molar-refractivity contribution < 1.29 is 4.74 Å². The minimum Gasteiger partial charge on any atom is -0.351 e. The molecule has 1 saturated heterocycles. The van der Waals surface area contributed by atoms with Gasteiger partial charge >= 0.3 is 0 Å². The molecule has 1 atom stereocenters. The Kier molecular flexibility index (Phi) is 2.70. The molecule has 3 rings (SSSR count). The van der Waals surface area contributed by atoms with E-state index >= 15 is 0 Å². The van der Waals surface area contributed by atoms with E-state index in [4.69, 9.17) is 4.74 Å². The molecular formula is C14H19NO. The highest BCUT2D eigenvalue weighted by atomic mass is 16.5. The van der Waals surface area contributed by atoms with Crippen molar-refractivity contribution in [1.82, 2.24) is 5.32 Å². The Morgan fingerprint density at radius 3 is 2.56 bits per heavy atom. The molecule has 2 heteroatoms. The predicted molar refractivity (Wildman–Crippen MR) is 64.1 cm³/mol. The maximum atomic E-state index is 6.26. The molecule has 2 nitrogen and oxygen atoms in total. The zero-order valence-electron chi connectivity index (χ0n) is 9.61. The molecule has 0 aromatic heterocycles. The van der Waals surface area contributed by atoms with E-state index < -0.39 is 0 Å². The fraction of sp³-hybridized carbons (Fsp3) is 0.571. The summed E-state index contributed by atoms with van der Waals surface area (Å²) >= 11 is 0. The molecule has 1 saturated carbocycles. The number of hydrogen-bond acceptors (Lipinski definition) is 2.